The normalized spacial score (nSPS) is 59.4. The Kier molecular flexibility index (Phi) is 9.76. The van der Waals surface area contributed by atoms with Gasteiger partial charge in [0.05, 0.1) is 32.0 Å². The lowest BCUT2D eigenvalue weighted by atomic mass is 9.44. The zero-order valence-corrected chi connectivity index (χ0v) is 30.2. The fourth-order valence-corrected chi connectivity index (χ4v) is 12.9. The predicted octanol–water partition coefficient (Wildman–Crippen LogP) is 2.08. The van der Waals surface area contributed by atoms with Crippen molar-refractivity contribution in [2.24, 2.45) is 52.3 Å². The Morgan fingerprint density at radius 1 is 0.720 bits per heavy atom. The first-order valence-electron chi connectivity index (χ1n) is 19.7. The third kappa shape index (κ3) is 5.68. The summed E-state index contributed by atoms with van der Waals surface area (Å²) in [6.45, 7) is 9.90. The molecule has 0 radical (unpaired) electrons. The van der Waals surface area contributed by atoms with E-state index in [9.17, 15) is 30.6 Å². The number of aliphatic hydroxyl groups excluding tert-OH is 6. The molecule has 8 aliphatic rings. The van der Waals surface area contributed by atoms with E-state index in [2.05, 4.69) is 27.7 Å². The van der Waals surface area contributed by atoms with E-state index in [0.717, 1.165) is 38.2 Å². The first-order chi connectivity index (χ1) is 23.8. The molecule has 0 unspecified atom stereocenters. The van der Waals surface area contributed by atoms with Gasteiger partial charge in [-0.2, -0.15) is 0 Å². The van der Waals surface area contributed by atoms with Gasteiger partial charge in [0.15, 0.2) is 18.4 Å². The molecule has 4 aliphatic heterocycles. The van der Waals surface area contributed by atoms with Gasteiger partial charge in [0.2, 0.25) is 0 Å². The lowest BCUT2D eigenvalue weighted by Crippen LogP contribution is -2.62. The highest BCUT2D eigenvalue weighted by molar-refractivity contribution is 5.15. The minimum absolute atomic E-state index is 0.0947. The second-order valence-corrected chi connectivity index (χ2v) is 18.3. The molecule has 4 heterocycles. The largest absolute Gasteiger partial charge is 0.394 e. The van der Waals surface area contributed by atoms with Crippen molar-refractivity contribution in [1.29, 1.82) is 0 Å². The maximum atomic E-state index is 11.0. The molecule has 6 N–H and O–H groups in total. The Labute approximate surface area is 296 Å². The van der Waals surface area contributed by atoms with Crippen molar-refractivity contribution in [2.75, 3.05) is 19.8 Å². The van der Waals surface area contributed by atoms with Crippen molar-refractivity contribution in [3.8, 4) is 0 Å². The number of fused-ring (bicyclic) bond motifs is 7. The minimum atomic E-state index is -1.62. The standard InChI is InChI=1S/C38H62O12/c1-18-7-12-38(46-16-18)19(2)28-25(50-38)14-24-22-6-5-20-13-21(8-10-36(20,3)23(22)9-11-37(24,28)4)47-34-32(43)30(41)27(17-45-34)49-35-33(44)31(42)29(40)26(15-39)48-35/h18-35,39-44H,5-17H2,1-4H3/t18-,19-,20+,21+,22+,23-,24+,25-,26+,27-,28-,29+,30-,31-,32+,33+,34-,35-,36+,37+,38+/m0/s1. The van der Waals surface area contributed by atoms with Crippen LogP contribution in [0, 0.1) is 52.3 Å². The zero-order chi connectivity index (χ0) is 35.3. The summed E-state index contributed by atoms with van der Waals surface area (Å²) >= 11 is 0. The van der Waals surface area contributed by atoms with Gasteiger partial charge in [-0.05, 0) is 104 Å². The van der Waals surface area contributed by atoms with Gasteiger partial charge in [-0.25, -0.2) is 0 Å². The van der Waals surface area contributed by atoms with Crippen molar-refractivity contribution < 1.29 is 59.1 Å². The Bertz CT molecular complexity index is 1210. The molecule has 12 heteroatoms. The molecule has 4 saturated carbocycles. The van der Waals surface area contributed by atoms with E-state index in [-0.39, 0.29) is 23.9 Å². The molecule has 8 rings (SSSR count). The summed E-state index contributed by atoms with van der Waals surface area (Å²) < 4.78 is 36.9. The third-order valence-electron chi connectivity index (χ3n) is 15.8. The van der Waals surface area contributed by atoms with Crippen molar-refractivity contribution in [2.45, 2.75) is 165 Å². The highest BCUT2D eigenvalue weighted by Gasteiger charge is 2.69. The Morgan fingerprint density at radius 3 is 2.22 bits per heavy atom. The maximum absolute atomic E-state index is 11.0. The second kappa shape index (κ2) is 13.4. The molecule has 0 bridgehead atoms. The quantitative estimate of drug-likeness (QED) is 0.230. The van der Waals surface area contributed by atoms with Crippen molar-refractivity contribution >= 4 is 0 Å². The molecule has 12 nitrogen and oxygen atoms in total. The number of hydrogen-bond acceptors (Lipinski definition) is 12. The van der Waals surface area contributed by atoms with E-state index in [1.54, 1.807) is 0 Å². The van der Waals surface area contributed by atoms with E-state index in [4.69, 9.17) is 28.4 Å². The number of rotatable bonds is 5. The smallest absolute Gasteiger partial charge is 0.187 e. The van der Waals surface area contributed by atoms with Crippen molar-refractivity contribution in [1.82, 2.24) is 0 Å². The number of ether oxygens (including phenoxy) is 6. The van der Waals surface area contributed by atoms with Gasteiger partial charge in [-0.3, -0.25) is 0 Å². The van der Waals surface area contributed by atoms with Gasteiger partial charge in [0.1, 0.15) is 42.7 Å². The summed E-state index contributed by atoms with van der Waals surface area (Å²) in [5.74, 6) is 3.85. The average molecular weight is 711 g/mol. The summed E-state index contributed by atoms with van der Waals surface area (Å²) in [5.41, 5.74) is 0.540. The van der Waals surface area contributed by atoms with Crippen LogP contribution in [0.2, 0.25) is 0 Å². The van der Waals surface area contributed by atoms with Crippen LogP contribution in [-0.4, -0.2) is 124 Å². The van der Waals surface area contributed by atoms with E-state index >= 15 is 0 Å². The maximum Gasteiger partial charge on any atom is 0.187 e. The van der Waals surface area contributed by atoms with Crippen LogP contribution in [0.15, 0.2) is 0 Å². The fraction of sp³-hybridized carbons (Fsp3) is 1.00. The van der Waals surface area contributed by atoms with Crippen LogP contribution >= 0.6 is 0 Å². The molecule has 1 spiro atoms. The van der Waals surface area contributed by atoms with Crippen LogP contribution in [0.3, 0.4) is 0 Å². The van der Waals surface area contributed by atoms with E-state index in [1.807, 2.05) is 0 Å². The number of aliphatic hydroxyl groups is 6. The van der Waals surface area contributed by atoms with E-state index in [0.29, 0.717) is 47.0 Å². The molecule has 4 aliphatic carbocycles. The molecule has 0 amide bonds. The third-order valence-corrected chi connectivity index (χ3v) is 15.8. The van der Waals surface area contributed by atoms with Gasteiger partial charge in [0, 0.05) is 12.3 Å². The topological polar surface area (TPSA) is 177 Å². The van der Waals surface area contributed by atoms with Crippen LogP contribution in [0.5, 0.6) is 0 Å². The Hall–Kier alpha value is -0.480. The molecule has 286 valence electrons. The lowest BCUT2D eigenvalue weighted by molar-refractivity contribution is -0.347. The molecule has 8 fully saturated rings. The van der Waals surface area contributed by atoms with Crippen LogP contribution in [-0.2, 0) is 28.4 Å². The van der Waals surface area contributed by atoms with Crippen molar-refractivity contribution in [3.05, 3.63) is 0 Å². The molecule has 0 aromatic heterocycles. The summed E-state index contributed by atoms with van der Waals surface area (Å²) in [7, 11) is 0. The van der Waals surface area contributed by atoms with Gasteiger partial charge in [-0.1, -0.05) is 27.7 Å². The molecular formula is C38H62O12. The SMILES string of the molecule is C[C@H]1CC[C@@]2(OC1)O[C@H]1C[C@@H]3[C@@H]4CC[C@@H]5C[C@H](O[C@@H]6OC[C@H](O[C@@H]7O[C@H](CO)[C@@H](O)[C@H](O)[C@H]7O)[C@H](O)[C@H]6O)CC[C@@]5(C)[C@H]4CC[C@@]3(C)[C@H]1[C@@H]2C. The second-order valence-electron chi connectivity index (χ2n) is 18.3. The van der Waals surface area contributed by atoms with Gasteiger partial charge >= 0.3 is 0 Å². The summed E-state index contributed by atoms with van der Waals surface area (Å²) in [5, 5.41) is 62.0. The zero-order valence-electron chi connectivity index (χ0n) is 30.2. The lowest BCUT2D eigenvalue weighted by Gasteiger charge is -2.61. The average Bonchev–Trinajstić information content (AvgIpc) is 3.55. The monoisotopic (exact) mass is 710 g/mol. The molecule has 0 aromatic carbocycles. The summed E-state index contributed by atoms with van der Waals surface area (Å²) in [6, 6.07) is 0. The van der Waals surface area contributed by atoms with Crippen LogP contribution in [0.1, 0.15) is 91.9 Å². The molecule has 21 atom stereocenters. The first kappa shape index (κ1) is 36.5. The highest BCUT2D eigenvalue weighted by atomic mass is 16.7. The molecule has 50 heavy (non-hydrogen) atoms. The van der Waals surface area contributed by atoms with Gasteiger partial charge in [-0.15, -0.1) is 0 Å². The van der Waals surface area contributed by atoms with Gasteiger partial charge < -0.3 is 59.1 Å². The summed E-state index contributed by atoms with van der Waals surface area (Å²) in [6.07, 6.45) is -0.870. The Morgan fingerprint density at radius 2 is 1.48 bits per heavy atom. The predicted molar refractivity (Wildman–Crippen MR) is 177 cm³/mol. The van der Waals surface area contributed by atoms with E-state index < -0.39 is 61.9 Å². The minimum Gasteiger partial charge on any atom is -0.394 e. The molecule has 4 saturated heterocycles. The van der Waals surface area contributed by atoms with Crippen molar-refractivity contribution in [3.63, 3.8) is 0 Å². The molecular weight excluding hydrogens is 648 g/mol. The highest BCUT2D eigenvalue weighted by Crippen LogP contribution is 2.71. The Balaban J connectivity index is 0.869. The van der Waals surface area contributed by atoms with Crippen LogP contribution in [0.25, 0.3) is 0 Å². The first-order valence-corrected chi connectivity index (χ1v) is 19.7. The van der Waals surface area contributed by atoms with E-state index in [1.165, 1.54) is 38.5 Å². The van der Waals surface area contributed by atoms with Crippen LogP contribution < -0.4 is 0 Å². The summed E-state index contributed by atoms with van der Waals surface area (Å²) in [4.78, 5) is 0. The molecule has 0 aromatic rings. The fourth-order valence-electron chi connectivity index (χ4n) is 12.9. The number of hydrogen-bond donors (Lipinski definition) is 6. The van der Waals surface area contributed by atoms with Gasteiger partial charge in [0.25, 0.3) is 0 Å². The van der Waals surface area contributed by atoms with Crippen LogP contribution in [0.4, 0.5) is 0 Å².